The number of hydrogen-bond donors (Lipinski definition) is 3. The Morgan fingerprint density at radius 3 is 2.83 bits per heavy atom. The van der Waals surface area contributed by atoms with Crippen LogP contribution in [0.1, 0.15) is 13.3 Å². The highest BCUT2D eigenvalue weighted by atomic mass is 35.5. The highest BCUT2D eigenvalue weighted by Gasteiger charge is 2.09. The number of anilines is 1. The van der Waals surface area contributed by atoms with Gasteiger partial charge < -0.3 is 20.5 Å². The Balaban J connectivity index is 2.59. The predicted molar refractivity (Wildman–Crippen MR) is 71.3 cm³/mol. The van der Waals surface area contributed by atoms with Crippen molar-refractivity contribution in [3.63, 3.8) is 0 Å². The van der Waals surface area contributed by atoms with Crippen molar-refractivity contribution in [2.75, 3.05) is 19.0 Å². The summed E-state index contributed by atoms with van der Waals surface area (Å²) >= 11 is 5.99. The Labute approximate surface area is 111 Å². The number of hydrogen-bond acceptors (Lipinski definition) is 3. The van der Waals surface area contributed by atoms with E-state index in [0.717, 1.165) is 0 Å². The largest absolute Gasteiger partial charge is 0.497 e. The second-order valence-corrected chi connectivity index (χ2v) is 4.26. The number of halogens is 1. The lowest BCUT2D eigenvalue weighted by Gasteiger charge is -2.14. The van der Waals surface area contributed by atoms with Crippen molar-refractivity contribution in [1.29, 1.82) is 0 Å². The molecule has 1 rings (SSSR count). The summed E-state index contributed by atoms with van der Waals surface area (Å²) in [5, 5.41) is 14.5. The molecular weight excluding hydrogens is 256 g/mol. The first-order valence-corrected chi connectivity index (χ1v) is 5.96. The van der Waals surface area contributed by atoms with E-state index in [9.17, 15) is 4.79 Å². The minimum atomic E-state index is -0.358. The topological polar surface area (TPSA) is 70.6 Å². The summed E-state index contributed by atoms with van der Waals surface area (Å²) in [6.45, 7) is 1.84. The highest BCUT2D eigenvalue weighted by molar-refractivity contribution is 6.33. The third-order valence-electron chi connectivity index (χ3n) is 2.36. The second-order valence-electron chi connectivity index (χ2n) is 3.86. The van der Waals surface area contributed by atoms with Gasteiger partial charge in [0, 0.05) is 18.7 Å². The molecule has 0 spiro atoms. The average Bonchev–Trinajstić information content (AvgIpc) is 2.31. The Bertz CT molecular complexity index is 412. The van der Waals surface area contributed by atoms with Crippen LogP contribution in [-0.4, -0.2) is 30.9 Å². The fourth-order valence-electron chi connectivity index (χ4n) is 1.37. The van der Waals surface area contributed by atoms with Gasteiger partial charge in [0.1, 0.15) is 5.75 Å². The van der Waals surface area contributed by atoms with Gasteiger partial charge in [-0.15, -0.1) is 0 Å². The predicted octanol–water partition coefficient (Wildman–Crippen LogP) is 2.24. The molecule has 0 aromatic heterocycles. The van der Waals surface area contributed by atoms with Crippen molar-refractivity contribution in [3.05, 3.63) is 23.2 Å². The number of rotatable bonds is 5. The third-order valence-corrected chi connectivity index (χ3v) is 2.68. The van der Waals surface area contributed by atoms with Gasteiger partial charge in [0.2, 0.25) is 0 Å². The van der Waals surface area contributed by atoms with Crippen LogP contribution in [0.15, 0.2) is 18.2 Å². The van der Waals surface area contributed by atoms with Crippen molar-refractivity contribution in [3.8, 4) is 5.75 Å². The van der Waals surface area contributed by atoms with Gasteiger partial charge in [0.15, 0.2) is 0 Å². The number of aliphatic hydroxyl groups is 1. The Hall–Kier alpha value is -1.46. The molecule has 0 saturated carbocycles. The molecule has 0 heterocycles. The van der Waals surface area contributed by atoms with Crippen LogP contribution in [0, 0.1) is 0 Å². The molecule has 0 radical (unpaired) electrons. The number of carbonyl (C=O) groups excluding carboxylic acids is 1. The summed E-state index contributed by atoms with van der Waals surface area (Å²) in [5.74, 6) is 0.625. The quantitative estimate of drug-likeness (QED) is 0.770. The van der Waals surface area contributed by atoms with Crippen LogP contribution in [0.5, 0.6) is 5.75 Å². The summed E-state index contributed by atoms with van der Waals surface area (Å²) in [5.41, 5.74) is 0.506. The molecule has 100 valence electrons. The molecule has 3 N–H and O–H groups in total. The fourth-order valence-corrected chi connectivity index (χ4v) is 1.59. The number of urea groups is 1. The summed E-state index contributed by atoms with van der Waals surface area (Å²) in [6, 6.07) is 4.53. The number of carbonyl (C=O) groups is 1. The first kappa shape index (κ1) is 14.6. The number of ether oxygens (including phenoxy) is 1. The second kappa shape index (κ2) is 7.08. The third kappa shape index (κ3) is 4.43. The summed E-state index contributed by atoms with van der Waals surface area (Å²) in [4.78, 5) is 11.6. The maximum Gasteiger partial charge on any atom is 0.319 e. The zero-order valence-electron chi connectivity index (χ0n) is 10.4. The summed E-state index contributed by atoms with van der Waals surface area (Å²) in [6.07, 6.45) is 0.504. The number of amides is 2. The normalized spacial score (nSPS) is 11.8. The van der Waals surface area contributed by atoms with Crippen molar-refractivity contribution in [1.82, 2.24) is 5.32 Å². The molecule has 6 heteroatoms. The van der Waals surface area contributed by atoms with Crippen molar-refractivity contribution < 1.29 is 14.6 Å². The van der Waals surface area contributed by atoms with Crippen LogP contribution in [0.25, 0.3) is 0 Å². The summed E-state index contributed by atoms with van der Waals surface area (Å²) in [7, 11) is 1.54. The molecular formula is C12H17ClN2O3. The van der Waals surface area contributed by atoms with E-state index >= 15 is 0 Å². The maximum atomic E-state index is 11.6. The molecule has 5 nitrogen and oxygen atoms in total. The van der Waals surface area contributed by atoms with Gasteiger partial charge in [-0.2, -0.15) is 0 Å². The molecule has 0 aliphatic carbocycles. The van der Waals surface area contributed by atoms with Crippen molar-refractivity contribution >= 4 is 23.3 Å². The van der Waals surface area contributed by atoms with Crippen LogP contribution < -0.4 is 15.4 Å². The lowest BCUT2D eigenvalue weighted by Crippen LogP contribution is -2.36. The standard InChI is InChI=1S/C12H17ClN2O3/c1-8(5-6-16)14-12(17)15-11-4-3-9(18-2)7-10(11)13/h3-4,7-8,16H,5-6H2,1-2H3,(H2,14,15,17)/t8-/m1/s1. The molecule has 0 unspecified atom stereocenters. The van der Waals surface area contributed by atoms with Gasteiger partial charge in [0.05, 0.1) is 17.8 Å². The molecule has 0 saturated heterocycles. The number of aliphatic hydroxyl groups excluding tert-OH is 1. The molecule has 0 aliphatic heterocycles. The Morgan fingerprint density at radius 1 is 1.56 bits per heavy atom. The first-order chi connectivity index (χ1) is 8.56. The molecule has 0 bridgehead atoms. The molecule has 1 aromatic carbocycles. The maximum absolute atomic E-state index is 11.6. The van der Waals surface area contributed by atoms with E-state index < -0.39 is 0 Å². The monoisotopic (exact) mass is 272 g/mol. The minimum absolute atomic E-state index is 0.0325. The van der Waals surface area contributed by atoms with Crippen LogP contribution in [-0.2, 0) is 0 Å². The Kier molecular flexibility index (Phi) is 5.74. The minimum Gasteiger partial charge on any atom is -0.497 e. The van der Waals surface area contributed by atoms with Crippen LogP contribution >= 0.6 is 11.6 Å². The zero-order valence-corrected chi connectivity index (χ0v) is 11.1. The van der Waals surface area contributed by atoms with E-state index in [-0.39, 0.29) is 18.7 Å². The molecule has 1 aromatic rings. The fraction of sp³-hybridized carbons (Fsp3) is 0.417. The van der Waals surface area contributed by atoms with Crippen molar-refractivity contribution in [2.45, 2.75) is 19.4 Å². The van der Waals surface area contributed by atoms with Crippen LogP contribution in [0.4, 0.5) is 10.5 Å². The molecule has 0 aliphatic rings. The first-order valence-electron chi connectivity index (χ1n) is 5.58. The van der Waals surface area contributed by atoms with E-state index in [4.69, 9.17) is 21.4 Å². The Morgan fingerprint density at radius 2 is 2.28 bits per heavy atom. The molecule has 0 fully saturated rings. The van der Waals surface area contributed by atoms with Crippen LogP contribution in [0.3, 0.4) is 0 Å². The van der Waals surface area contributed by atoms with Gasteiger partial charge in [-0.25, -0.2) is 4.79 Å². The molecule has 2 amide bonds. The highest BCUT2D eigenvalue weighted by Crippen LogP contribution is 2.26. The number of nitrogens with one attached hydrogen (secondary N) is 2. The SMILES string of the molecule is COc1ccc(NC(=O)N[C@H](C)CCO)c(Cl)c1. The smallest absolute Gasteiger partial charge is 0.319 e. The zero-order chi connectivity index (χ0) is 13.5. The lowest BCUT2D eigenvalue weighted by molar-refractivity contribution is 0.241. The number of benzene rings is 1. The van der Waals surface area contributed by atoms with E-state index in [1.165, 1.54) is 0 Å². The van der Waals surface area contributed by atoms with E-state index in [1.54, 1.807) is 25.3 Å². The van der Waals surface area contributed by atoms with Gasteiger partial charge in [-0.1, -0.05) is 11.6 Å². The molecule has 1 atom stereocenters. The van der Waals surface area contributed by atoms with Gasteiger partial charge in [-0.05, 0) is 25.5 Å². The van der Waals surface area contributed by atoms with Crippen LogP contribution in [0.2, 0.25) is 5.02 Å². The van der Waals surface area contributed by atoms with E-state index in [1.807, 2.05) is 6.92 Å². The van der Waals surface area contributed by atoms with Gasteiger partial charge >= 0.3 is 6.03 Å². The lowest BCUT2D eigenvalue weighted by atomic mass is 10.2. The van der Waals surface area contributed by atoms with Crippen molar-refractivity contribution in [2.24, 2.45) is 0 Å². The van der Waals surface area contributed by atoms with Gasteiger partial charge in [0.25, 0.3) is 0 Å². The summed E-state index contributed by atoms with van der Waals surface area (Å²) < 4.78 is 5.01. The van der Waals surface area contributed by atoms with E-state index in [2.05, 4.69) is 10.6 Å². The molecule has 18 heavy (non-hydrogen) atoms. The van der Waals surface area contributed by atoms with E-state index in [0.29, 0.717) is 22.9 Å². The number of methoxy groups -OCH3 is 1. The average molecular weight is 273 g/mol. The van der Waals surface area contributed by atoms with Gasteiger partial charge in [-0.3, -0.25) is 0 Å².